The van der Waals surface area contributed by atoms with Crippen LogP contribution in [0, 0.1) is 0 Å². The number of ketones is 1. The van der Waals surface area contributed by atoms with Crippen molar-refractivity contribution in [2.45, 2.75) is 44.3 Å². The average Bonchev–Trinajstić information content (AvgIpc) is 3.09. The Balaban J connectivity index is 1.73. The van der Waals surface area contributed by atoms with Crippen molar-refractivity contribution < 1.29 is 33.7 Å². The Kier molecular flexibility index (Phi) is 7.48. The molecule has 33 heavy (non-hydrogen) atoms. The van der Waals surface area contributed by atoms with E-state index >= 15 is 0 Å². The first-order valence-corrected chi connectivity index (χ1v) is 14.6. The Hall–Kier alpha value is -2.85. The molecule has 2 saturated heterocycles. The molecule has 0 saturated carbocycles. The predicted octanol–water partition coefficient (Wildman–Crippen LogP) is 2.63. The number of ether oxygens (including phenoxy) is 3. The van der Waals surface area contributed by atoms with E-state index in [9.17, 15) is 19.5 Å². The number of methoxy groups -OCH3 is 2. The molecule has 180 valence electrons. The first-order valence-electron chi connectivity index (χ1n) is 10.9. The van der Waals surface area contributed by atoms with E-state index in [0.29, 0.717) is 23.7 Å². The Bertz CT molecular complexity index is 957. The van der Waals surface area contributed by atoms with Crippen LogP contribution >= 0.6 is 0 Å². The molecular formula is C23H32N2O7Si. The number of likely N-dealkylation sites (tertiary alicyclic amines) is 2. The second-order valence-electron chi connectivity index (χ2n) is 9.50. The lowest BCUT2D eigenvalue weighted by molar-refractivity contribution is -0.152. The van der Waals surface area contributed by atoms with E-state index in [0.717, 1.165) is 16.5 Å². The van der Waals surface area contributed by atoms with Crippen LogP contribution in [0.2, 0.25) is 25.7 Å². The second kappa shape index (κ2) is 9.96. The third-order valence-corrected chi connectivity index (χ3v) is 7.58. The fourth-order valence-corrected chi connectivity index (χ4v) is 4.85. The van der Waals surface area contributed by atoms with Crippen LogP contribution in [-0.2, 0) is 20.9 Å². The lowest BCUT2D eigenvalue weighted by Gasteiger charge is -2.45. The van der Waals surface area contributed by atoms with Gasteiger partial charge in [-0.2, -0.15) is 0 Å². The van der Waals surface area contributed by atoms with E-state index < -0.39 is 26.3 Å². The topological polar surface area (TPSA) is 106 Å². The number of carbonyl (C=O) groups excluding carboxylic acids is 2. The minimum absolute atomic E-state index is 0.0273. The molecule has 1 aromatic rings. The van der Waals surface area contributed by atoms with Crippen molar-refractivity contribution in [1.29, 1.82) is 0 Å². The fourth-order valence-electron chi connectivity index (χ4n) is 4.09. The number of rotatable bonds is 10. The van der Waals surface area contributed by atoms with E-state index in [2.05, 4.69) is 19.6 Å². The maximum atomic E-state index is 12.8. The van der Waals surface area contributed by atoms with Gasteiger partial charge in [-0.05, 0) is 35.4 Å². The summed E-state index contributed by atoms with van der Waals surface area (Å²) < 4.78 is 16.1. The molecule has 2 heterocycles. The van der Waals surface area contributed by atoms with Crippen LogP contribution in [0.4, 0.5) is 4.79 Å². The van der Waals surface area contributed by atoms with Crippen molar-refractivity contribution in [2.24, 2.45) is 0 Å². The SMILES string of the molecule is COc1ccc(CN2C(=O)[C@@H]3[C@H]2/C(=C\C(=O)COCC[Si](C)(C)C)CN3C(=O)O)cc1OC. The highest BCUT2D eigenvalue weighted by atomic mass is 28.3. The molecule has 2 atom stereocenters. The zero-order valence-corrected chi connectivity index (χ0v) is 20.8. The van der Waals surface area contributed by atoms with Gasteiger partial charge < -0.3 is 24.2 Å². The summed E-state index contributed by atoms with van der Waals surface area (Å²) >= 11 is 0. The average molecular weight is 477 g/mol. The van der Waals surface area contributed by atoms with Gasteiger partial charge in [0, 0.05) is 27.8 Å². The fraction of sp³-hybridized carbons (Fsp3) is 0.522. The molecule has 0 radical (unpaired) electrons. The summed E-state index contributed by atoms with van der Waals surface area (Å²) in [6, 6.07) is 5.06. The second-order valence-corrected chi connectivity index (χ2v) is 15.1. The van der Waals surface area contributed by atoms with Gasteiger partial charge in [-0.3, -0.25) is 14.5 Å². The minimum Gasteiger partial charge on any atom is -0.493 e. The van der Waals surface area contributed by atoms with Gasteiger partial charge in [-0.15, -0.1) is 0 Å². The van der Waals surface area contributed by atoms with E-state index in [4.69, 9.17) is 14.2 Å². The van der Waals surface area contributed by atoms with E-state index in [-0.39, 0.29) is 31.4 Å². The Morgan fingerprint density at radius 1 is 1.15 bits per heavy atom. The molecule has 9 nitrogen and oxygen atoms in total. The van der Waals surface area contributed by atoms with Gasteiger partial charge in [0.2, 0.25) is 5.91 Å². The van der Waals surface area contributed by atoms with E-state index in [1.165, 1.54) is 13.2 Å². The van der Waals surface area contributed by atoms with E-state index in [1.54, 1.807) is 24.1 Å². The lowest BCUT2D eigenvalue weighted by Crippen LogP contribution is -2.66. The molecule has 3 rings (SSSR count). The van der Waals surface area contributed by atoms with Crippen molar-refractivity contribution in [3.63, 3.8) is 0 Å². The van der Waals surface area contributed by atoms with Crippen molar-refractivity contribution in [2.75, 3.05) is 34.0 Å². The highest BCUT2D eigenvalue weighted by molar-refractivity contribution is 6.76. The summed E-state index contributed by atoms with van der Waals surface area (Å²) in [5, 5.41) is 9.55. The smallest absolute Gasteiger partial charge is 0.408 e. The molecule has 1 N–H and O–H groups in total. The van der Waals surface area contributed by atoms with Crippen LogP contribution in [0.15, 0.2) is 29.8 Å². The third kappa shape index (κ3) is 5.56. The van der Waals surface area contributed by atoms with Gasteiger partial charge in [0.1, 0.15) is 12.6 Å². The highest BCUT2D eigenvalue weighted by Gasteiger charge is 2.58. The highest BCUT2D eigenvalue weighted by Crippen LogP contribution is 2.39. The number of amides is 2. The van der Waals surface area contributed by atoms with Crippen molar-refractivity contribution in [1.82, 2.24) is 9.80 Å². The van der Waals surface area contributed by atoms with Crippen molar-refractivity contribution >= 4 is 25.9 Å². The molecule has 10 heteroatoms. The molecular weight excluding hydrogens is 444 g/mol. The number of benzene rings is 1. The van der Waals surface area contributed by atoms with Crippen LogP contribution in [0.3, 0.4) is 0 Å². The first kappa shape index (κ1) is 24.8. The third-order valence-electron chi connectivity index (χ3n) is 5.87. The zero-order valence-electron chi connectivity index (χ0n) is 19.8. The molecule has 2 amide bonds. The summed E-state index contributed by atoms with van der Waals surface area (Å²) in [4.78, 5) is 39.7. The Morgan fingerprint density at radius 2 is 1.85 bits per heavy atom. The van der Waals surface area contributed by atoms with Crippen LogP contribution in [0.25, 0.3) is 0 Å². The minimum atomic E-state index is -1.25. The van der Waals surface area contributed by atoms with Gasteiger partial charge in [-0.25, -0.2) is 4.79 Å². The molecule has 2 aliphatic rings. The number of carbonyl (C=O) groups is 3. The predicted molar refractivity (Wildman–Crippen MR) is 124 cm³/mol. The number of β-lactam (4-membered cyclic amide) rings is 1. The maximum Gasteiger partial charge on any atom is 0.408 e. The number of fused-ring (bicyclic) bond motifs is 1. The number of carboxylic acid groups (broad SMARTS) is 1. The van der Waals surface area contributed by atoms with Crippen LogP contribution in [0.1, 0.15) is 5.56 Å². The maximum absolute atomic E-state index is 12.8. The molecule has 0 aromatic heterocycles. The van der Waals surface area contributed by atoms with Crippen molar-refractivity contribution in [3.05, 3.63) is 35.4 Å². The quantitative estimate of drug-likeness (QED) is 0.239. The molecule has 2 aliphatic heterocycles. The molecule has 0 unspecified atom stereocenters. The van der Waals surface area contributed by atoms with Gasteiger partial charge in [0.15, 0.2) is 17.3 Å². The first-order chi connectivity index (χ1) is 15.6. The van der Waals surface area contributed by atoms with Crippen LogP contribution < -0.4 is 9.47 Å². The van der Waals surface area contributed by atoms with Crippen LogP contribution in [-0.4, -0.2) is 86.8 Å². The number of nitrogens with zero attached hydrogens (tertiary/aromatic N) is 2. The van der Waals surface area contributed by atoms with Crippen molar-refractivity contribution in [3.8, 4) is 11.5 Å². The largest absolute Gasteiger partial charge is 0.493 e. The molecule has 0 aliphatic carbocycles. The lowest BCUT2D eigenvalue weighted by atomic mass is 9.91. The monoisotopic (exact) mass is 476 g/mol. The van der Waals surface area contributed by atoms with E-state index in [1.807, 2.05) is 6.07 Å². The van der Waals surface area contributed by atoms with Gasteiger partial charge in [-0.1, -0.05) is 25.7 Å². The summed E-state index contributed by atoms with van der Waals surface area (Å²) in [6.07, 6.45) is 0.273. The summed E-state index contributed by atoms with van der Waals surface area (Å²) in [7, 11) is 1.83. The van der Waals surface area contributed by atoms with Gasteiger partial charge in [0.25, 0.3) is 0 Å². The summed E-state index contributed by atoms with van der Waals surface area (Å²) in [5.41, 5.74) is 1.43. The normalized spacial score (nSPS) is 21.1. The van der Waals surface area contributed by atoms with Gasteiger partial charge in [0.05, 0.1) is 20.3 Å². The summed E-state index contributed by atoms with van der Waals surface area (Å²) in [6.45, 7) is 7.48. The Labute approximate surface area is 194 Å². The molecule has 2 fully saturated rings. The zero-order chi connectivity index (χ0) is 24.3. The summed E-state index contributed by atoms with van der Waals surface area (Å²) in [5.74, 6) is 0.614. The Morgan fingerprint density at radius 3 is 2.45 bits per heavy atom. The number of hydrogen-bond donors (Lipinski definition) is 1. The molecule has 0 spiro atoms. The molecule has 1 aromatic carbocycles. The standard InChI is InChI=1S/C23H32N2O7Si/c1-30-18-7-6-15(10-19(18)31-2)12-24-20-16(13-25(23(28)29)21(20)22(24)27)11-17(26)14-32-8-9-33(3,4)5/h6-7,10-11,20-21H,8-9,12-14H2,1-5H3,(H,28,29)/b16-11-/t20-,21+/m1/s1. The van der Waals surface area contributed by atoms with Gasteiger partial charge >= 0.3 is 6.09 Å². The van der Waals surface area contributed by atoms with Crippen LogP contribution in [0.5, 0.6) is 11.5 Å². The molecule has 0 bridgehead atoms. The number of hydrogen-bond acceptors (Lipinski definition) is 6.